The second-order valence-electron chi connectivity index (χ2n) is 7.75. The Morgan fingerprint density at radius 3 is 2.52 bits per heavy atom. The Balaban J connectivity index is 1.39. The normalized spacial score (nSPS) is 11.8. The summed E-state index contributed by atoms with van der Waals surface area (Å²) < 4.78 is 13.2. The summed E-state index contributed by atoms with van der Waals surface area (Å²) in [4.78, 5) is 21.5. The summed E-state index contributed by atoms with van der Waals surface area (Å²) in [7, 11) is 1.65. The van der Waals surface area contributed by atoms with Crippen molar-refractivity contribution in [3.05, 3.63) is 84.4 Å². The molecule has 0 aliphatic heterocycles. The van der Waals surface area contributed by atoms with Crippen LogP contribution >= 0.6 is 0 Å². The van der Waals surface area contributed by atoms with Crippen molar-refractivity contribution >= 4 is 16.9 Å². The van der Waals surface area contributed by atoms with Crippen LogP contribution in [0.1, 0.15) is 42.1 Å². The minimum Gasteiger partial charge on any atom is -0.497 e. The average molecular weight is 445 g/mol. The van der Waals surface area contributed by atoms with Gasteiger partial charge in [0, 0.05) is 12.7 Å². The number of nitrogens with zero attached hydrogens (tertiary/aromatic N) is 3. The van der Waals surface area contributed by atoms with Gasteiger partial charge in [0.05, 0.1) is 30.8 Å². The van der Waals surface area contributed by atoms with Crippen LogP contribution in [0.4, 0.5) is 0 Å². The van der Waals surface area contributed by atoms with E-state index < -0.39 is 0 Å². The quantitative estimate of drug-likeness (QED) is 0.356. The Bertz CT molecular complexity index is 1190. The van der Waals surface area contributed by atoms with E-state index >= 15 is 0 Å². The van der Waals surface area contributed by atoms with E-state index in [0.717, 1.165) is 47.7 Å². The second kappa shape index (κ2) is 10.6. The number of imidazole rings is 1. The molecule has 0 fully saturated rings. The number of nitrogens with one attached hydrogen (secondary N) is 1. The fourth-order valence-corrected chi connectivity index (χ4v) is 3.73. The lowest BCUT2D eigenvalue weighted by Gasteiger charge is -2.16. The van der Waals surface area contributed by atoms with Gasteiger partial charge in [0.2, 0.25) is 0 Å². The van der Waals surface area contributed by atoms with Gasteiger partial charge in [-0.15, -0.1) is 0 Å². The molecule has 2 aromatic carbocycles. The van der Waals surface area contributed by atoms with Crippen LogP contribution in [0, 0.1) is 0 Å². The maximum absolute atomic E-state index is 12.6. The molecule has 2 heterocycles. The molecule has 7 heteroatoms. The summed E-state index contributed by atoms with van der Waals surface area (Å²) >= 11 is 0. The molecule has 1 amide bonds. The topological polar surface area (TPSA) is 78.3 Å². The first-order valence-electron chi connectivity index (χ1n) is 11.1. The van der Waals surface area contributed by atoms with Crippen LogP contribution < -0.4 is 14.8 Å². The van der Waals surface area contributed by atoms with Gasteiger partial charge in [-0.2, -0.15) is 0 Å². The number of aryl methyl sites for hydroxylation is 1. The lowest BCUT2D eigenvalue weighted by molar-refractivity contribution is 0.0932. The Morgan fingerprint density at radius 1 is 1.00 bits per heavy atom. The zero-order chi connectivity index (χ0) is 23.0. The molecular weight excluding hydrogens is 416 g/mol. The minimum atomic E-state index is -0.262. The number of rotatable bonds is 10. The van der Waals surface area contributed by atoms with Crippen LogP contribution in [-0.4, -0.2) is 34.2 Å². The number of fused-ring (bicyclic) bond motifs is 1. The van der Waals surface area contributed by atoms with E-state index in [-0.39, 0.29) is 11.9 Å². The molecule has 0 saturated carbocycles. The number of carbonyl (C=O) groups excluding carboxylic acids is 1. The Hall–Kier alpha value is -3.87. The molecule has 1 unspecified atom stereocenters. The fraction of sp³-hybridized carbons (Fsp3) is 0.269. The molecule has 7 nitrogen and oxygen atoms in total. The third kappa shape index (κ3) is 5.49. The standard InChI is InChI=1S/C26H28N4O3/c1-19(28-26(31)23-10-5-6-16-27-23)25-29-22-9-3-4-11-24(22)30(25)17-7-8-18-33-21-14-12-20(32-2)13-15-21/h3-6,9-16,19H,7-8,17-18H2,1-2H3,(H,28,31). The molecule has 0 aliphatic carbocycles. The van der Waals surface area contributed by atoms with Crippen LogP contribution in [0.3, 0.4) is 0 Å². The number of pyridine rings is 1. The minimum absolute atomic E-state index is 0.213. The molecule has 0 spiro atoms. The number of carbonyl (C=O) groups is 1. The highest BCUT2D eigenvalue weighted by molar-refractivity contribution is 5.92. The summed E-state index contributed by atoms with van der Waals surface area (Å²) in [6.45, 7) is 3.36. The number of hydrogen-bond donors (Lipinski definition) is 1. The Morgan fingerprint density at radius 2 is 1.76 bits per heavy atom. The van der Waals surface area contributed by atoms with E-state index in [2.05, 4.69) is 20.9 Å². The van der Waals surface area contributed by atoms with Gasteiger partial charge in [-0.05, 0) is 68.3 Å². The van der Waals surface area contributed by atoms with Crippen molar-refractivity contribution in [2.75, 3.05) is 13.7 Å². The molecule has 2 aromatic heterocycles. The average Bonchev–Trinajstić information content (AvgIpc) is 3.23. The Kier molecular flexibility index (Phi) is 7.19. The van der Waals surface area contributed by atoms with Gasteiger partial charge >= 0.3 is 0 Å². The number of methoxy groups -OCH3 is 1. The molecule has 33 heavy (non-hydrogen) atoms. The van der Waals surface area contributed by atoms with E-state index in [4.69, 9.17) is 14.5 Å². The summed E-state index contributed by atoms with van der Waals surface area (Å²) in [6.07, 6.45) is 3.43. The number of unbranched alkanes of at least 4 members (excludes halogenated alkanes) is 1. The molecule has 0 bridgehead atoms. The molecule has 1 atom stereocenters. The van der Waals surface area contributed by atoms with Gasteiger partial charge in [-0.1, -0.05) is 18.2 Å². The lowest BCUT2D eigenvalue weighted by Crippen LogP contribution is -2.29. The fourth-order valence-electron chi connectivity index (χ4n) is 3.73. The molecule has 0 aliphatic rings. The number of amides is 1. The van der Waals surface area contributed by atoms with Gasteiger partial charge in [0.15, 0.2) is 0 Å². The van der Waals surface area contributed by atoms with Crippen molar-refractivity contribution in [1.82, 2.24) is 19.9 Å². The summed E-state index contributed by atoms with van der Waals surface area (Å²) in [5.41, 5.74) is 2.37. The van der Waals surface area contributed by atoms with Crippen LogP contribution in [0.15, 0.2) is 72.9 Å². The van der Waals surface area contributed by atoms with Crippen LogP contribution in [0.25, 0.3) is 11.0 Å². The summed E-state index contributed by atoms with van der Waals surface area (Å²) in [6, 6.07) is 20.7. The molecule has 1 N–H and O–H groups in total. The SMILES string of the molecule is COc1ccc(OCCCCn2c(C(C)NC(=O)c3ccccn3)nc3ccccc32)cc1. The largest absolute Gasteiger partial charge is 0.497 e. The number of hydrogen-bond acceptors (Lipinski definition) is 5. The zero-order valence-corrected chi connectivity index (χ0v) is 18.9. The molecule has 170 valence electrons. The third-order valence-corrected chi connectivity index (χ3v) is 5.42. The number of aromatic nitrogens is 3. The van der Waals surface area contributed by atoms with Gasteiger partial charge in [0.1, 0.15) is 23.0 Å². The second-order valence-corrected chi connectivity index (χ2v) is 7.75. The first kappa shape index (κ1) is 22.3. The number of benzene rings is 2. The Labute approximate surface area is 193 Å². The van der Waals surface area contributed by atoms with Crippen molar-refractivity contribution in [2.24, 2.45) is 0 Å². The van der Waals surface area contributed by atoms with E-state index in [1.807, 2.05) is 49.4 Å². The lowest BCUT2D eigenvalue weighted by atomic mass is 10.2. The zero-order valence-electron chi connectivity index (χ0n) is 18.9. The van der Waals surface area contributed by atoms with Gasteiger partial charge in [-0.3, -0.25) is 9.78 Å². The summed E-state index contributed by atoms with van der Waals surface area (Å²) in [5, 5.41) is 3.03. The highest BCUT2D eigenvalue weighted by Crippen LogP contribution is 2.22. The van der Waals surface area contributed by atoms with E-state index in [1.165, 1.54) is 0 Å². The van der Waals surface area contributed by atoms with Crippen molar-refractivity contribution < 1.29 is 14.3 Å². The van der Waals surface area contributed by atoms with Crippen molar-refractivity contribution in [3.63, 3.8) is 0 Å². The maximum Gasteiger partial charge on any atom is 0.270 e. The smallest absolute Gasteiger partial charge is 0.270 e. The monoisotopic (exact) mass is 444 g/mol. The van der Waals surface area contributed by atoms with Crippen LogP contribution in [0.2, 0.25) is 0 Å². The van der Waals surface area contributed by atoms with E-state index in [0.29, 0.717) is 12.3 Å². The highest BCUT2D eigenvalue weighted by Gasteiger charge is 2.19. The summed E-state index contributed by atoms with van der Waals surface area (Å²) in [5.74, 6) is 2.26. The molecular formula is C26H28N4O3. The number of ether oxygens (including phenoxy) is 2. The van der Waals surface area contributed by atoms with Gasteiger partial charge in [0.25, 0.3) is 5.91 Å². The highest BCUT2D eigenvalue weighted by atomic mass is 16.5. The van der Waals surface area contributed by atoms with Crippen molar-refractivity contribution in [1.29, 1.82) is 0 Å². The van der Waals surface area contributed by atoms with Crippen LogP contribution in [0.5, 0.6) is 11.5 Å². The predicted octanol–water partition coefficient (Wildman–Crippen LogP) is 4.79. The molecule has 0 radical (unpaired) electrons. The van der Waals surface area contributed by atoms with Gasteiger partial charge in [-0.25, -0.2) is 4.98 Å². The number of para-hydroxylation sites is 2. The predicted molar refractivity (Wildman–Crippen MR) is 128 cm³/mol. The van der Waals surface area contributed by atoms with Crippen molar-refractivity contribution in [3.8, 4) is 11.5 Å². The molecule has 4 aromatic rings. The third-order valence-electron chi connectivity index (χ3n) is 5.42. The van der Waals surface area contributed by atoms with Crippen molar-refractivity contribution in [2.45, 2.75) is 32.4 Å². The van der Waals surface area contributed by atoms with E-state index in [1.54, 1.807) is 31.5 Å². The van der Waals surface area contributed by atoms with E-state index in [9.17, 15) is 4.79 Å². The van der Waals surface area contributed by atoms with Gasteiger partial charge < -0.3 is 19.4 Å². The molecule has 4 rings (SSSR count). The molecule has 0 saturated heterocycles. The maximum atomic E-state index is 12.6. The first-order valence-corrected chi connectivity index (χ1v) is 11.1. The van der Waals surface area contributed by atoms with Crippen LogP contribution in [-0.2, 0) is 6.54 Å². The first-order chi connectivity index (χ1) is 16.2.